The van der Waals surface area contributed by atoms with E-state index in [1.165, 1.54) is 15.3 Å². The first kappa shape index (κ1) is 12.2. The van der Waals surface area contributed by atoms with Crippen molar-refractivity contribution in [2.24, 2.45) is 0 Å². The number of amides is 1. The molecule has 0 aromatic carbocycles. The van der Waals surface area contributed by atoms with Gasteiger partial charge in [0, 0.05) is 22.7 Å². The number of hydrogen-bond donors (Lipinski definition) is 2. The predicted octanol–water partition coefficient (Wildman–Crippen LogP) is 1.59. The van der Waals surface area contributed by atoms with E-state index in [0.717, 1.165) is 6.54 Å². The minimum atomic E-state index is 0.105. The van der Waals surface area contributed by atoms with Crippen molar-refractivity contribution in [1.29, 1.82) is 0 Å². The number of thiophene rings is 1. The van der Waals surface area contributed by atoms with Gasteiger partial charge >= 0.3 is 0 Å². The zero-order valence-corrected chi connectivity index (χ0v) is 10.3. The number of carbonyl (C=O) groups is 1. The second kappa shape index (κ2) is 5.88. The van der Waals surface area contributed by atoms with Crippen LogP contribution in [0, 0.1) is 13.8 Å². The lowest BCUT2D eigenvalue weighted by Gasteiger charge is -2.02. The van der Waals surface area contributed by atoms with E-state index in [1.54, 1.807) is 11.3 Å². The van der Waals surface area contributed by atoms with Crippen LogP contribution in [0.3, 0.4) is 0 Å². The molecule has 1 aromatic rings. The molecule has 2 N–H and O–H groups in total. The molecule has 1 aromatic heterocycles. The van der Waals surface area contributed by atoms with E-state index in [-0.39, 0.29) is 5.91 Å². The number of aryl methyl sites for hydroxylation is 2. The lowest BCUT2D eigenvalue weighted by molar-refractivity contribution is -0.121. The van der Waals surface area contributed by atoms with E-state index in [9.17, 15) is 4.79 Å². The molecule has 4 heteroatoms. The van der Waals surface area contributed by atoms with Gasteiger partial charge < -0.3 is 10.6 Å². The van der Waals surface area contributed by atoms with Crippen LogP contribution in [0.15, 0.2) is 6.07 Å². The Hall–Kier alpha value is -0.870. The second-order valence-corrected chi connectivity index (χ2v) is 4.92. The summed E-state index contributed by atoms with van der Waals surface area (Å²) in [4.78, 5) is 13.9. The summed E-state index contributed by atoms with van der Waals surface area (Å²) < 4.78 is 0. The normalized spacial score (nSPS) is 10.3. The molecule has 0 radical (unpaired) electrons. The van der Waals surface area contributed by atoms with Gasteiger partial charge in [-0.3, -0.25) is 4.79 Å². The molecule has 1 heterocycles. The molecule has 1 amide bonds. The maximum absolute atomic E-state index is 11.3. The molecule has 0 bridgehead atoms. The van der Waals surface area contributed by atoms with Crippen LogP contribution in [-0.2, 0) is 11.3 Å². The molecule has 0 aliphatic heterocycles. The van der Waals surface area contributed by atoms with Crippen LogP contribution in [0.2, 0.25) is 0 Å². The van der Waals surface area contributed by atoms with Gasteiger partial charge in [0.1, 0.15) is 0 Å². The van der Waals surface area contributed by atoms with Gasteiger partial charge in [0.05, 0.1) is 6.54 Å². The van der Waals surface area contributed by atoms with E-state index in [4.69, 9.17) is 0 Å². The Bertz CT molecular complexity index is 314. The topological polar surface area (TPSA) is 41.1 Å². The van der Waals surface area contributed by atoms with Crippen molar-refractivity contribution in [1.82, 2.24) is 10.6 Å². The smallest absolute Gasteiger partial charge is 0.221 e. The maximum atomic E-state index is 11.3. The highest BCUT2D eigenvalue weighted by molar-refractivity contribution is 7.12. The monoisotopic (exact) mass is 226 g/mol. The van der Waals surface area contributed by atoms with Gasteiger partial charge in [-0.2, -0.15) is 0 Å². The minimum absolute atomic E-state index is 0.105. The SMILES string of the molecule is CNCCC(=O)NCc1cc(C)c(C)s1. The summed E-state index contributed by atoms with van der Waals surface area (Å²) in [5, 5.41) is 5.86. The molecule has 84 valence electrons. The quantitative estimate of drug-likeness (QED) is 0.800. The van der Waals surface area contributed by atoms with Gasteiger partial charge in [-0.05, 0) is 32.5 Å². The average molecular weight is 226 g/mol. The molecule has 15 heavy (non-hydrogen) atoms. The van der Waals surface area contributed by atoms with Crippen molar-refractivity contribution >= 4 is 17.2 Å². The van der Waals surface area contributed by atoms with Crippen molar-refractivity contribution in [3.05, 3.63) is 21.4 Å². The first-order valence-corrected chi connectivity index (χ1v) is 5.92. The standard InChI is InChI=1S/C11H18N2OS/c1-8-6-10(15-9(8)2)7-13-11(14)4-5-12-3/h6,12H,4-5,7H2,1-3H3,(H,13,14). The summed E-state index contributed by atoms with van der Waals surface area (Å²) in [6.07, 6.45) is 0.542. The van der Waals surface area contributed by atoms with Gasteiger partial charge in [-0.25, -0.2) is 0 Å². The van der Waals surface area contributed by atoms with Crippen LogP contribution in [-0.4, -0.2) is 19.5 Å². The van der Waals surface area contributed by atoms with Gasteiger partial charge in [0.15, 0.2) is 0 Å². The van der Waals surface area contributed by atoms with Crippen LogP contribution in [0.1, 0.15) is 21.7 Å². The summed E-state index contributed by atoms with van der Waals surface area (Å²) >= 11 is 1.75. The fraction of sp³-hybridized carbons (Fsp3) is 0.545. The Balaban J connectivity index is 2.33. The zero-order valence-electron chi connectivity index (χ0n) is 9.52. The van der Waals surface area contributed by atoms with Crippen molar-refractivity contribution in [3.63, 3.8) is 0 Å². The van der Waals surface area contributed by atoms with Crippen molar-refractivity contribution in [3.8, 4) is 0 Å². The molecule has 0 saturated carbocycles. The Morgan fingerprint density at radius 3 is 2.73 bits per heavy atom. The number of rotatable bonds is 5. The van der Waals surface area contributed by atoms with Crippen molar-refractivity contribution in [2.75, 3.05) is 13.6 Å². The molecule has 0 aliphatic rings. The number of hydrogen-bond acceptors (Lipinski definition) is 3. The van der Waals surface area contributed by atoms with Crippen LogP contribution in [0.25, 0.3) is 0 Å². The molecule has 0 fully saturated rings. The summed E-state index contributed by atoms with van der Waals surface area (Å²) in [6.45, 7) is 5.58. The molecular weight excluding hydrogens is 208 g/mol. The average Bonchev–Trinajstić information content (AvgIpc) is 2.52. The van der Waals surface area contributed by atoms with Gasteiger partial charge in [0.2, 0.25) is 5.91 Å². The molecule has 0 atom stereocenters. The van der Waals surface area contributed by atoms with Crippen LogP contribution in [0.5, 0.6) is 0 Å². The van der Waals surface area contributed by atoms with Crippen molar-refractivity contribution < 1.29 is 4.79 Å². The highest BCUT2D eigenvalue weighted by Crippen LogP contribution is 2.20. The van der Waals surface area contributed by atoms with Gasteiger partial charge in [-0.15, -0.1) is 11.3 Å². The lowest BCUT2D eigenvalue weighted by atomic mass is 10.3. The fourth-order valence-electron chi connectivity index (χ4n) is 1.25. The van der Waals surface area contributed by atoms with Crippen molar-refractivity contribution in [2.45, 2.75) is 26.8 Å². The summed E-state index contributed by atoms with van der Waals surface area (Å²) in [5.74, 6) is 0.105. The first-order chi connectivity index (χ1) is 7.13. The summed E-state index contributed by atoms with van der Waals surface area (Å²) in [7, 11) is 1.85. The first-order valence-electron chi connectivity index (χ1n) is 5.10. The largest absolute Gasteiger partial charge is 0.351 e. The zero-order chi connectivity index (χ0) is 11.3. The molecule has 0 saturated heterocycles. The molecule has 1 rings (SSSR count). The Morgan fingerprint density at radius 2 is 2.20 bits per heavy atom. The van der Waals surface area contributed by atoms with E-state index in [2.05, 4.69) is 30.5 Å². The fourth-order valence-corrected chi connectivity index (χ4v) is 2.24. The van der Waals surface area contributed by atoms with E-state index in [0.29, 0.717) is 13.0 Å². The van der Waals surface area contributed by atoms with E-state index >= 15 is 0 Å². The minimum Gasteiger partial charge on any atom is -0.351 e. The second-order valence-electron chi connectivity index (χ2n) is 3.58. The van der Waals surface area contributed by atoms with E-state index < -0.39 is 0 Å². The third-order valence-electron chi connectivity index (χ3n) is 2.28. The molecule has 0 spiro atoms. The number of carbonyl (C=O) groups excluding carboxylic acids is 1. The molecule has 0 aliphatic carbocycles. The highest BCUT2D eigenvalue weighted by Gasteiger charge is 2.03. The lowest BCUT2D eigenvalue weighted by Crippen LogP contribution is -2.25. The maximum Gasteiger partial charge on any atom is 0.221 e. The Labute approximate surface area is 94.9 Å². The van der Waals surface area contributed by atoms with Gasteiger partial charge in [0.25, 0.3) is 0 Å². The molecule has 3 nitrogen and oxygen atoms in total. The van der Waals surface area contributed by atoms with Crippen LogP contribution >= 0.6 is 11.3 Å². The van der Waals surface area contributed by atoms with Crippen LogP contribution in [0.4, 0.5) is 0 Å². The molecule has 0 unspecified atom stereocenters. The summed E-state index contributed by atoms with van der Waals surface area (Å²) in [5.41, 5.74) is 1.31. The van der Waals surface area contributed by atoms with Crippen LogP contribution < -0.4 is 10.6 Å². The third kappa shape index (κ3) is 4.01. The van der Waals surface area contributed by atoms with E-state index in [1.807, 2.05) is 7.05 Å². The number of nitrogens with one attached hydrogen (secondary N) is 2. The molecular formula is C11H18N2OS. The Kier molecular flexibility index (Phi) is 4.78. The summed E-state index contributed by atoms with van der Waals surface area (Å²) in [6, 6.07) is 2.14. The Morgan fingerprint density at radius 1 is 1.47 bits per heavy atom. The van der Waals surface area contributed by atoms with Gasteiger partial charge in [-0.1, -0.05) is 0 Å². The predicted molar refractivity (Wildman–Crippen MR) is 64.2 cm³/mol. The third-order valence-corrected chi connectivity index (χ3v) is 3.43. The highest BCUT2D eigenvalue weighted by atomic mass is 32.1.